The maximum Gasteiger partial charge on any atom is 0.265 e. The summed E-state index contributed by atoms with van der Waals surface area (Å²) in [5.41, 5.74) is 6.78. The Kier molecular flexibility index (Phi) is 6.00. The molecule has 0 bridgehead atoms. The molecule has 1 aromatic heterocycles. The molecule has 0 aromatic carbocycles. The van der Waals surface area contributed by atoms with Crippen LogP contribution in [0.15, 0.2) is 4.90 Å². The molecule has 0 radical (unpaired) electrons. The number of carbonyl (C=O) groups is 1. The number of rotatable bonds is 6. The van der Waals surface area contributed by atoms with Crippen LogP contribution in [0.5, 0.6) is 0 Å². The quantitative estimate of drug-likeness (QED) is 0.821. The van der Waals surface area contributed by atoms with Crippen molar-refractivity contribution in [2.75, 3.05) is 44.1 Å². The third kappa shape index (κ3) is 3.36. The van der Waals surface area contributed by atoms with Crippen LogP contribution in [0.3, 0.4) is 0 Å². The molecule has 4 nitrogen and oxygen atoms in total. The maximum absolute atomic E-state index is 12.1. The minimum atomic E-state index is -0.0170. The second kappa shape index (κ2) is 7.05. The van der Waals surface area contributed by atoms with Gasteiger partial charge in [-0.15, -0.1) is 23.1 Å². The first-order valence-electron chi connectivity index (χ1n) is 6.40. The van der Waals surface area contributed by atoms with E-state index in [1.54, 1.807) is 30.8 Å². The lowest BCUT2D eigenvalue weighted by molar-refractivity contribution is 0.0833. The first-order valence-corrected chi connectivity index (χ1v) is 8.44. The smallest absolute Gasteiger partial charge is 0.265 e. The third-order valence-corrected chi connectivity index (χ3v) is 5.05. The summed E-state index contributed by atoms with van der Waals surface area (Å²) in [6.07, 6.45) is 3.09. The van der Waals surface area contributed by atoms with Gasteiger partial charge in [0, 0.05) is 27.2 Å². The van der Waals surface area contributed by atoms with Gasteiger partial charge in [-0.1, -0.05) is 6.92 Å². The fourth-order valence-electron chi connectivity index (χ4n) is 1.86. The number of thiophene rings is 1. The summed E-state index contributed by atoms with van der Waals surface area (Å²) in [5, 5.41) is 1.12. The molecule has 0 saturated heterocycles. The molecule has 19 heavy (non-hydrogen) atoms. The molecular weight excluding hydrogens is 278 g/mol. The second-order valence-electron chi connectivity index (χ2n) is 4.46. The van der Waals surface area contributed by atoms with Crippen molar-refractivity contribution in [3.63, 3.8) is 0 Å². The van der Waals surface area contributed by atoms with Gasteiger partial charge in [0.1, 0.15) is 9.88 Å². The average Bonchev–Trinajstić information content (AvgIpc) is 2.71. The number of hydrogen-bond donors (Lipinski definition) is 1. The average molecular weight is 301 g/mol. The lowest BCUT2D eigenvalue weighted by Gasteiger charge is -2.21. The molecule has 1 rings (SSSR count). The maximum atomic E-state index is 12.1. The van der Waals surface area contributed by atoms with Crippen molar-refractivity contribution in [1.29, 1.82) is 0 Å². The molecule has 0 saturated carbocycles. The fourth-order valence-corrected chi connectivity index (χ4v) is 4.15. The molecule has 6 heteroatoms. The predicted molar refractivity (Wildman–Crippen MR) is 86.7 cm³/mol. The molecule has 108 valence electrons. The highest BCUT2D eigenvalue weighted by Crippen LogP contribution is 2.44. The Hall–Kier alpha value is -0.880. The molecule has 2 N–H and O–H groups in total. The Balaban J connectivity index is 3.25. The molecule has 0 atom stereocenters. The molecule has 0 spiro atoms. The van der Waals surface area contributed by atoms with E-state index in [0.29, 0.717) is 10.6 Å². The van der Waals surface area contributed by atoms with E-state index in [1.165, 1.54) is 11.3 Å². The van der Waals surface area contributed by atoms with Gasteiger partial charge in [-0.3, -0.25) is 4.79 Å². The van der Waals surface area contributed by atoms with Crippen LogP contribution in [-0.2, 0) is 0 Å². The third-order valence-electron chi connectivity index (χ3n) is 2.85. The molecule has 0 aliphatic heterocycles. The predicted octanol–water partition coefficient (Wildman–Crippen LogP) is 2.99. The van der Waals surface area contributed by atoms with Gasteiger partial charge in [-0.05, 0) is 19.6 Å². The Morgan fingerprint density at radius 3 is 2.42 bits per heavy atom. The standard InChI is InChI=1S/C13H23N3OS2/c1-6-8-16(7-2)13-11(18-5)9(14)10(19-13)12(17)15(3)4/h6-8,14H2,1-5H3. The zero-order chi connectivity index (χ0) is 14.6. The lowest BCUT2D eigenvalue weighted by Crippen LogP contribution is -2.23. The van der Waals surface area contributed by atoms with Gasteiger partial charge in [0.2, 0.25) is 0 Å². The van der Waals surface area contributed by atoms with Crippen LogP contribution in [0.1, 0.15) is 29.9 Å². The van der Waals surface area contributed by atoms with E-state index in [2.05, 4.69) is 18.7 Å². The SMILES string of the molecule is CCCN(CC)c1sc(C(=O)N(C)C)c(N)c1SC. The molecule has 1 aromatic rings. The highest BCUT2D eigenvalue weighted by atomic mass is 32.2. The molecule has 0 unspecified atom stereocenters. The van der Waals surface area contributed by atoms with Crippen LogP contribution in [0, 0.1) is 0 Å². The normalized spacial score (nSPS) is 10.6. The number of nitrogen functional groups attached to an aromatic ring is 1. The topological polar surface area (TPSA) is 49.6 Å². The van der Waals surface area contributed by atoms with E-state index in [-0.39, 0.29) is 5.91 Å². The van der Waals surface area contributed by atoms with Crippen LogP contribution in [0.4, 0.5) is 10.7 Å². The number of thioether (sulfide) groups is 1. The second-order valence-corrected chi connectivity index (χ2v) is 6.28. The fraction of sp³-hybridized carbons (Fsp3) is 0.615. The minimum Gasteiger partial charge on any atom is -0.396 e. The summed E-state index contributed by atoms with van der Waals surface area (Å²) < 4.78 is 0. The molecular formula is C13H23N3OS2. The van der Waals surface area contributed by atoms with Gasteiger partial charge in [0.25, 0.3) is 5.91 Å². The Morgan fingerprint density at radius 2 is 2.00 bits per heavy atom. The van der Waals surface area contributed by atoms with Crippen molar-refractivity contribution in [3.8, 4) is 0 Å². The summed E-state index contributed by atoms with van der Waals surface area (Å²) in [5.74, 6) is -0.0170. The van der Waals surface area contributed by atoms with Crippen molar-refractivity contribution in [1.82, 2.24) is 4.90 Å². The summed E-state index contributed by atoms with van der Waals surface area (Å²) in [7, 11) is 3.51. The van der Waals surface area contributed by atoms with Crippen LogP contribution in [0.25, 0.3) is 0 Å². The molecule has 0 aliphatic rings. The molecule has 1 amide bonds. The summed E-state index contributed by atoms with van der Waals surface area (Å²) in [6, 6.07) is 0. The van der Waals surface area contributed by atoms with E-state index in [1.807, 2.05) is 6.26 Å². The van der Waals surface area contributed by atoms with Gasteiger partial charge in [-0.2, -0.15) is 0 Å². The van der Waals surface area contributed by atoms with Gasteiger partial charge in [-0.25, -0.2) is 0 Å². The van der Waals surface area contributed by atoms with E-state index in [0.717, 1.165) is 29.4 Å². The number of hydrogen-bond acceptors (Lipinski definition) is 5. The molecule has 0 aliphatic carbocycles. The largest absolute Gasteiger partial charge is 0.396 e. The molecule has 1 heterocycles. The van der Waals surface area contributed by atoms with Crippen molar-refractivity contribution in [2.24, 2.45) is 0 Å². The van der Waals surface area contributed by atoms with Crippen LogP contribution in [0.2, 0.25) is 0 Å². The van der Waals surface area contributed by atoms with Crippen molar-refractivity contribution < 1.29 is 4.79 Å². The van der Waals surface area contributed by atoms with Crippen molar-refractivity contribution in [2.45, 2.75) is 25.2 Å². The number of anilines is 2. The van der Waals surface area contributed by atoms with Crippen LogP contribution >= 0.6 is 23.1 Å². The Morgan fingerprint density at radius 1 is 1.37 bits per heavy atom. The summed E-state index contributed by atoms with van der Waals surface area (Å²) in [4.78, 5) is 17.7. The van der Waals surface area contributed by atoms with Crippen LogP contribution < -0.4 is 10.6 Å². The highest BCUT2D eigenvalue weighted by Gasteiger charge is 2.24. The first kappa shape index (κ1) is 16.2. The first-order chi connectivity index (χ1) is 8.97. The number of amides is 1. The zero-order valence-electron chi connectivity index (χ0n) is 12.3. The monoisotopic (exact) mass is 301 g/mol. The summed E-state index contributed by atoms with van der Waals surface area (Å²) in [6.45, 7) is 6.20. The van der Waals surface area contributed by atoms with E-state index in [9.17, 15) is 4.79 Å². The molecule has 0 fully saturated rings. The van der Waals surface area contributed by atoms with E-state index in [4.69, 9.17) is 5.73 Å². The summed E-state index contributed by atoms with van der Waals surface area (Å²) >= 11 is 3.12. The van der Waals surface area contributed by atoms with Crippen LogP contribution in [-0.4, -0.2) is 44.2 Å². The number of nitrogens with zero attached hydrogens (tertiary/aromatic N) is 2. The Bertz CT molecular complexity index is 443. The minimum absolute atomic E-state index is 0.0170. The van der Waals surface area contributed by atoms with Crippen molar-refractivity contribution in [3.05, 3.63) is 4.88 Å². The van der Waals surface area contributed by atoms with Gasteiger partial charge < -0.3 is 15.5 Å². The Labute approximate surface area is 124 Å². The lowest BCUT2D eigenvalue weighted by atomic mass is 10.3. The van der Waals surface area contributed by atoms with E-state index < -0.39 is 0 Å². The van der Waals surface area contributed by atoms with E-state index >= 15 is 0 Å². The van der Waals surface area contributed by atoms with Gasteiger partial charge in [0.15, 0.2) is 0 Å². The number of nitrogens with two attached hydrogens (primary N) is 1. The highest BCUT2D eigenvalue weighted by molar-refractivity contribution is 7.99. The van der Waals surface area contributed by atoms with Gasteiger partial charge >= 0.3 is 0 Å². The van der Waals surface area contributed by atoms with Crippen molar-refractivity contribution >= 4 is 39.7 Å². The van der Waals surface area contributed by atoms with Gasteiger partial charge in [0.05, 0.1) is 10.6 Å². The zero-order valence-corrected chi connectivity index (χ0v) is 14.0. The number of carbonyl (C=O) groups excluding carboxylic acids is 1.